The van der Waals surface area contributed by atoms with Crippen molar-refractivity contribution in [2.75, 3.05) is 6.54 Å². The summed E-state index contributed by atoms with van der Waals surface area (Å²) >= 11 is -2.29. The molecule has 1 aromatic rings. The van der Waals surface area contributed by atoms with Crippen LogP contribution in [0.3, 0.4) is 0 Å². The van der Waals surface area contributed by atoms with Crippen LogP contribution in [0.4, 0.5) is 0 Å². The summed E-state index contributed by atoms with van der Waals surface area (Å²) in [5, 5.41) is 0. The molecule has 1 unspecified atom stereocenters. The van der Waals surface area contributed by atoms with Crippen molar-refractivity contribution in [2.24, 2.45) is 0 Å². The van der Waals surface area contributed by atoms with Crippen molar-refractivity contribution < 1.29 is 8.63 Å². The molecule has 0 aromatic heterocycles. The van der Waals surface area contributed by atoms with Gasteiger partial charge in [0.05, 0.1) is 0 Å². The fraction of sp³-hybridized carbons (Fsp3) is 0.462. The van der Waals surface area contributed by atoms with Gasteiger partial charge in [0.25, 0.3) is 0 Å². The molecular formula is C13H17NO2Se. The first kappa shape index (κ1) is 12.5. The van der Waals surface area contributed by atoms with Crippen molar-refractivity contribution in [2.45, 2.75) is 32.6 Å². The second-order valence-corrected chi connectivity index (χ2v) is 7.11. The van der Waals surface area contributed by atoms with E-state index in [4.69, 9.17) is 0 Å². The summed E-state index contributed by atoms with van der Waals surface area (Å²) in [6.45, 7) is 2.79. The second-order valence-electron chi connectivity index (χ2n) is 4.21. The van der Waals surface area contributed by atoms with E-state index >= 15 is 0 Å². The number of unbranched alkanes of at least 4 members (excludes halogenated alkanes) is 3. The van der Waals surface area contributed by atoms with Gasteiger partial charge in [0.2, 0.25) is 0 Å². The molecular weight excluding hydrogens is 281 g/mol. The predicted octanol–water partition coefficient (Wildman–Crippen LogP) is 1.85. The number of benzene rings is 1. The first-order valence-corrected chi connectivity index (χ1v) is 8.40. The van der Waals surface area contributed by atoms with E-state index in [1.54, 1.807) is 9.98 Å². The molecule has 0 spiro atoms. The molecule has 0 saturated heterocycles. The molecule has 0 fully saturated rings. The summed E-state index contributed by atoms with van der Waals surface area (Å²) in [6.07, 6.45) is 4.41. The summed E-state index contributed by atoms with van der Waals surface area (Å²) in [7, 11) is 0. The van der Waals surface area contributed by atoms with Crippen LogP contribution in [0.15, 0.2) is 24.3 Å². The van der Waals surface area contributed by atoms with Crippen LogP contribution >= 0.6 is 0 Å². The van der Waals surface area contributed by atoms with Crippen molar-refractivity contribution in [3.05, 3.63) is 29.8 Å². The van der Waals surface area contributed by atoms with Crippen LogP contribution in [0.25, 0.3) is 0 Å². The van der Waals surface area contributed by atoms with E-state index in [-0.39, 0.29) is 5.91 Å². The van der Waals surface area contributed by atoms with Gasteiger partial charge >= 0.3 is 106 Å². The van der Waals surface area contributed by atoms with E-state index in [0.717, 1.165) is 17.3 Å². The van der Waals surface area contributed by atoms with Gasteiger partial charge in [-0.1, -0.05) is 0 Å². The van der Waals surface area contributed by atoms with Crippen molar-refractivity contribution >= 4 is 24.4 Å². The van der Waals surface area contributed by atoms with E-state index in [1.165, 1.54) is 12.8 Å². The quantitative estimate of drug-likeness (QED) is 0.614. The van der Waals surface area contributed by atoms with Gasteiger partial charge in [-0.15, -0.1) is 0 Å². The molecule has 17 heavy (non-hydrogen) atoms. The standard InChI is InChI=1S/C13H17NO2Se/c1-2-3-4-7-10-14-13(15)11-8-5-6-9-12(11)17(14)16/h5-6,8-9H,2-4,7,10H2,1H3. The van der Waals surface area contributed by atoms with Crippen LogP contribution in [0.2, 0.25) is 0 Å². The zero-order chi connectivity index (χ0) is 12.3. The Hall–Kier alpha value is -0.991. The van der Waals surface area contributed by atoms with Gasteiger partial charge in [0.15, 0.2) is 0 Å². The Morgan fingerprint density at radius 1 is 1.18 bits per heavy atom. The predicted molar refractivity (Wildman–Crippen MR) is 67.7 cm³/mol. The Morgan fingerprint density at radius 2 is 1.94 bits per heavy atom. The fourth-order valence-corrected chi connectivity index (χ4v) is 4.76. The van der Waals surface area contributed by atoms with E-state index in [9.17, 15) is 8.63 Å². The van der Waals surface area contributed by atoms with Gasteiger partial charge in [-0.2, -0.15) is 0 Å². The molecule has 92 valence electrons. The van der Waals surface area contributed by atoms with Crippen molar-refractivity contribution in [3.63, 3.8) is 0 Å². The van der Waals surface area contributed by atoms with Crippen LogP contribution in [0.5, 0.6) is 0 Å². The number of hydrogen-bond donors (Lipinski definition) is 0. The molecule has 4 heteroatoms. The van der Waals surface area contributed by atoms with Gasteiger partial charge in [-0.25, -0.2) is 0 Å². The normalized spacial score (nSPS) is 18.5. The SMILES string of the molecule is CCCCCCN1C(=O)c2ccccc2[Se]1=O. The van der Waals surface area contributed by atoms with E-state index in [0.29, 0.717) is 12.1 Å². The molecule has 1 atom stereocenters. The van der Waals surface area contributed by atoms with Gasteiger partial charge in [0.1, 0.15) is 0 Å². The number of fused-ring (bicyclic) bond motifs is 1. The molecule has 0 bridgehead atoms. The van der Waals surface area contributed by atoms with Gasteiger partial charge < -0.3 is 0 Å². The van der Waals surface area contributed by atoms with Crippen molar-refractivity contribution in [1.29, 1.82) is 0 Å². The molecule has 1 heterocycles. The van der Waals surface area contributed by atoms with Crippen LogP contribution < -0.4 is 4.46 Å². The molecule has 0 saturated carbocycles. The minimum atomic E-state index is -2.29. The fourth-order valence-electron chi connectivity index (χ4n) is 1.99. The van der Waals surface area contributed by atoms with Crippen LogP contribution in [-0.4, -0.2) is 30.4 Å². The third kappa shape index (κ3) is 2.48. The number of nitrogens with zero attached hydrogens (tertiary/aromatic N) is 1. The minimum absolute atomic E-state index is 0.0444. The molecule has 1 aliphatic heterocycles. The van der Waals surface area contributed by atoms with Crippen molar-refractivity contribution in [1.82, 2.24) is 3.92 Å². The summed E-state index contributed by atoms with van der Waals surface area (Å²) in [5.41, 5.74) is 0.642. The van der Waals surface area contributed by atoms with E-state index in [2.05, 4.69) is 6.92 Å². The number of amides is 1. The average molecular weight is 298 g/mol. The van der Waals surface area contributed by atoms with Gasteiger partial charge in [0, 0.05) is 0 Å². The zero-order valence-corrected chi connectivity index (χ0v) is 11.7. The van der Waals surface area contributed by atoms with Crippen LogP contribution in [0, 0.1) is 0 Å². The molecule has 0 radical (unpaired) electrons. The van der Waals surface area contributed by atoms with Gasteiger partial charge in [-0.3, -0.25) is 0 Å². The molecule has 1 aliphatic rings. The Kier molecular flexibility index (Phi) is 4.08. The van der Waals surface area contributed by atoms with E-state index in [1.807, 2.05) is 18.2 Å². The molecule has 1 amide bonds. The second kappa shape index (κ2) is 5.56. The zero-order valence-electron chi connectivity index (χ0n) is 10.0. The topological polar surface area (TPSA) is 37.4 Å². The molecule has 0 N–H and O–H groups in total. The number of carbonyl (C=O) groups is 1. The molecule has 0 aliphatic carbocycles. The third-order valence-electron chi connectivity index (χ3n) is 2.95. The summed E-state index contributed by atoms with van der Waals surface area (Å²) < 4.78 is 14.5. The number of rotatable bonds is 5. The Bertz CT molecular complexity index is 410. The third-order valence-corrected chi connectivity index (χ3v) is 6.05. The number of carbonyl (C=O) groups excluding carboxylic acids is 1. The average Bonchev–Trinajstić information content (AvgIpc) is 2.60. The summed E-state index contributed by atoms with van der Waals surface area (Å²) in [5.74, 6) is -0.0444. The molecule has 1 aromatic carbocycles. The Labute approximate surface area is 106 Å². The maximum absolute atomic E-state index is 12.2. The maximum atomic E-state index is 12.2. The van der Waals surface area contributed by atoms with Crippen LogP contribution in [-0.2, 0) is 3.83 Å². The Morgan fingerprint density at radius 3 is 2.65 bits per heavy atom. The Balaban J connectivity index is 2.03. The van der Waals surface area contributed by atoms with Gasteiger partial charge in [-0.05, 0) is 0 Å². The summed E-state index contributed by atoms with van der Waals surface area (Å²) in [6, 6.07) is 7.27. The monoisotopic (exact) mass is 299 g/mol. The first-order chi connectivity index (χ1) is 8.25. The number of hydrogen-bond acceptors (Lipinski definition) is 2. The summed E-state index contributed by atoms with van der Waals surface area (Å²) in [4.78, 5) is 12.0. The van der Waals surface area contributed by atoms with Crippen molar-refractivity contribution in [3.8, 4) is 0 Å². The molecule has 3 nitrogen and oxygen atoms in total. The van der Waals surface area contributed by atoms with Crippen LogP contribution in [0.1, 0.15) is 43.0 Å². The van der Waals surface area contributed by atoms with E-state index < -0.39 is 14.1 Å². The first-order valence-electron chi connectivity index (χ1n) is 6.08. The molecule has 2 rings (SSSR count).